The van der Waals surface area contributed by atoms with E-state index in [9.17, 15) is 14.0 Å². The lowest BCUT2D eigenvalue weighted by Gasteiger charge is -2.21. The first-order chi connectivity index (χ1) is 18.3. The highest BCUT2D eigenvalue weighted by Gasteiger charge is 2.24. The predicted molar refractivity (Wildman–Crippen MR) is 141 cm³/mol. The van der Waals surface area contributed by atoms with Gasteiger partial charge in [0.2, 0.25) is 0 Å². The molecular formula is C27H26ClFN6O3. The Hall–Kier alpha value is -4.15. The fourth-order valence-corrected chi connectivity index (χ4v) is 4.10. The van der Waals surface area contributed by atoms with Gasteiger partial charge in [0, 0.05) is 29.0 Å². The number of H-pyrrole nitrogens is 1. The second-order valence-corrected chi connectivity index (χ2v) is 8.98. The standard InChI is InChI=1S/C27H26ClFN6O3/c1-2-38-27(37)22(30)13-19(33-26(36)24-14-23(34-35-24)25-15-31-9-10-32-25)11-16-3-5-17(6-4-16)20-12-18(28)7-8-21(20)29/h3-10,12,14-15,19,22H,2,11,13,30H2,1H3,(H,33,36)(H,34,35)/t19-,22-/m1/s1. The smallest absolute Gasteiger partial charge is 0.322 e. The maximum Gasteiger partial charge on any atom is 0.322 e. The van der Waals surface area contributed by atoms with Crippen LogP contribution >= 0.6 is 11.6 Å². The van der Waals surface area contributed by atoms with Crippen molar-refractivity contribution in [1.29, 1.82) is 0 Å². The second-order valence-electron chi connectivity index (χ2n) is 8.55. The third-order valence-corrected chi connectivity index (χ3v) is 6.02. The summed E-state index contributed by atoms with van der Waals surface area (Å²) in [5.74, 6) is -1.36. The molecule has 0 spiro atoms. The van der Waals surface area contributed by atoms with E-state index in [0.717, 1.165) is 5.56 Å². The number of nitrogens with one attached hydrogen (secondary N) is 2. The normalized spacial score (nSPS) is 12.5. The van der Waals surface area contributed by atoms with Gasteiger partial charge in [-0.3, -0.25) is 24.7 Å². The van der Waals surface area contributed by atoms with Crippen LogP contribution in [0.2, 0.25) is 5.02 Å². The SMILES string of the molecule is CCOC(=O)[C@H](N)C[C@@H](Cc1ccc(-c2cc(Cl)ccc2F)cc1)NC(=O)c1cc(-c2cnccn2)n[nH]1. The van der Waals surface area contributed by atoms with E-state index in [1.165, 1.54) is 24.5 Å². The minimum Gasteiger partial charge on any atom is -0.465 e. The number of hydrogen-bond donors (Lipinski definition) is 3. The van der Waals surface area contributed by atoms with E-state index in [1.807, 2.05) is 12.1 Å². The van der Waals surface area contributed by atoms with Gasteiger partial charge >= 0.3 is 5.97 Å². The number of ether oxygens (including phenoxy) is 1. The molecule has 0 unspecified atom stereocenters. The topological polar surface area (TPSA) is 136 Å². The molecule has 1 amide bonds. The summed E-state index contributed by atoms with van der Waals surface area (Å²) in [6.07, 6.45) is 5.11. The molecule has 11 heteroatoms. The third kappa shape index (κ3) is 6.78. The van der Waals surface area contributed by atoms with Crippen molar-refractivity contribution in [3.05, 3.63) is 89.2 Å². The van der Waals surface area contributed by atoms with Crippen LogP contribution in [0.5, 0.6) is 0 Å². The number of rotatable bonds is 10. The van der Waals surface area contributed by atoms with Crippen LogP contribution in [0.25, 0.3) is 22.5 Å². The summed E-state index contributed by atoms with van der Waals surface area (Å²) in [6.45, 7) is 1.89. The number of hydrogen-bond acceptors (Lipinski definition) is 7. The summed E-state index contributed by atoms with van der Waals surface area (Å²) in [5, 5.41) is 10.2. The monoisotopic (exact) mass is 536 g/mol. The molecule has 0 aliphatic heterocycles. The molecule has 0 aliphatic carbocycles. The van der Waals surface area contributed by atoms with Crippen molar-refractivity contribution in [3.8, 4) is 22.5 Å². The van der Waals surface area contributed by atoms with Gasteiger partial charge in [-0.2, -0.15) is 5.10 Å². The van der Waals surface area contributed by atoms with Crippen molar-refractivity contribution in [3.63, 3.8) is 0 Å². The molecule has 2 aromatic carbocycles. The van der Waals surface area contributed by atoms with E-state index in [1.54, 1.807) is 37.4 Å². The number of nitrogens with two attached hydrogens (primary N) is 1. The van der Waals surface area contributed by atoms with E-state index in [2.05, 4.69) is 25.5 Å². The highest BCUT2D eigenvalue weighted by Crippen LogP contribution is 2.26. The Bertz CT molecular complexity index is 1400. The van der Waals surface area contributed by atoms with Gasteiger partial charge in [0.15, 0.2) is 0 Å². The number of carbonyl (C=O) groups excluding carboxylic acids is 2. The number of esters is 1. The summed E-state index contributed by atoms with van der Waals surface area (Å²) >= 11 is 6.03. The lowest BCUT2D eigenvalue weighted by Crippen LogP contribution is -2.44. The Kier molecular flexibility index (Phi) is 8.77. The van der Waals surface area contributed by atoms with Gasteiger partial charge in [0.25, 0.3) is 5.91 Å². The Morgan fingerprint density at radius 1 is 1.13 bits per heavy atom. The van der Waals surface area contributed by atoms with Crippen LogP contribution in [0.1, 0.15) is 29.4 Å². The molecule has 4 aromatic rings. The quantitative estimate of drug-likeness (QED) is 0.261. The molecule has 0 aliphatic rings. The largest absolute Gasteiger partial charge is 0.465 e. The van der Waals surface area contributed by atoms with Gasteiger partial charge in [-0.25, -0.2) is 4.39 Å². The van der Waals surface area contributed by atoms with Gasteiger partial charge in [-0.05, 0) is 55.2 Å². The third-order valence-electron chi connectivity index (χ3n) is 5.79. The first-order valence-electron chi connectivity index (χ1n) is 11.9. The van der Waals surface area contributed by atoms with Crippen LogP contribution in [-0.4, -0.2) is 50.7 Å². The van der Waals surface area contributed by atoms with Crippen molar-refractivity contribution in [2.75, 3.05) is 6.61 Å². The molecule has 0 bridgehead atoms. The summed E-state index contributed by atoms with van der Waals surface area (Å²) < 4.78 is 19.3. The van der Waals surface area contributed by atoms with Crippen molar-refractivity contribution in [2.24, 2.45) is 5.73 Å². The molecule has 2 atom stereocenters. The molecular weight excluding hydrogens is 511 g/mol. The van der Waals surface area contributed by atoms with Crippen molar-refractivity contribution >= 4 is 23.5 Å². The maximum atomic E-state index is 14.3. The molecule has 4 rings (SSSR count). The van der Waals surface area contributed by atoms with Crippen LogP contribution < -0.4 is 11.1 Å². The Morgan fingerprint density at radius 3 is 2.63 bits per heavy atom. The van der Waals surface area contributed by atoms with E-state index >= 15 is 0 Å². The molecule has 4 N–H and O–H groups in total. The molecule has 2 heterocycles. The number of aromatic nitrogens is 4. The van der Waals surface area contributed by atoms with Crippen molar-refractivity contribution < 1.29 is 18.7 Å². The molecule has 0 fully saturated rings. The minimum absolute atomic E-state index is 0.139. The van der Waals surface area contributed by atoms with Crippen LogP contribution in [0.15, 0.2) is 67.1 Å². The maximum absolute atomic E-state index is 14.3. The molecule has 0 radical (unpaired) electrons. The Labute approximate surface area is 223 Å². The van der Waals surface area contributed by atoms with Gasteiger partial charge in [0.05, 0.1) is 12.8 Å². The molecule has 196 valence electrons. The second kappa shape index (κ2) is 12.4. The minimum atomic E-state index is -0.933. The zero-order chi connectivity index (χ0) is 27.1. The Balaban J connectivity index is 1.51. The summed E-state index contributed by atoms with van der Waals surface area (Å²) in [7, 11) is 0. The zero-order valence-electron chi connectivity index (χ0n) is 20.5. The van der Waals surface area contributed by atoms with Gasteiger partial charge < -0.3 is 15.8 Å². The summed E-state index contributed by atoms with van der Waals surface area (Å²) in [6, 6.07) is 11.7. The lowest BCUT2D eigenvalue weighted by atomic mass is 9.97. The number of benzene rings is 2. The van der Waals surface area contributed by atoms with E-state index in [-0.39, 0.29) is 24.5 Å². The lowest BCUT2D eigenvalue weighted by molar-refractivity contribution is -0.145. The number of aromatic amines is 1. The van der Waals surface area contributed by atoms with Crippen LogP contribution in [0.4, 0.5) is 4.39 Å². The molecule has 38 heavy (non-hydrogen) atoms. The number of nitrogens with zero attached hydrogens (tertiary/aromatic N) is 3. The Morgan fingerprint density at radius 2 is 1.92 bits per heavy atom. The van der Waals surface area contributed by atoms with Crippen molar-refractivity contribution in [2.45, 2.75) is 31.8 Å². The molecule has 9 nitrogen and oxygen atoms in total. The van der Waals surface area contributed by atoms with Gasteiger partial charge in [-0.1, -0.05) is 35.9 Å². The summed E-state index contributed by atoms with van der Waals surface area (Å²) in [4.78, 5) is 33.4. The van der Waals surface area contributed by atoms with E-state index < -0.39 is 24.0 Å². The first kappa shape index (κ1) is 26.9. The van der Waals surface area contributed by atoms with E-state index in [4.69, 9.17) is 22.1 Å². The predicted octanol–water partition coefficient (Wildman–Crippen LogP) is 3.95. The number of carbonyl (C=O) groups is 2. The fourth-order valence-electron chi connectivity index (χ4n) is 3.93. The van der Waals surface area contributed by atoms with Crippen LogP contribution in [0.3, 0.4) is 0 Å². The number of amides is 1. The average molecular weight is 537 g/mol. The van der Waals surface area contributed by atoms with Gasteiger partial charge in [0.1, 0.15) is 28.9 Å². The molecule has 0 saturated carbocycles. The van der Waals surface area contributed by atoms with E-state index in [0.29, 0.717) is 34.0 Å². The number of halogens is 2. The average Bonchev–Trinajstić information content (AvgIpc) is 3.42. The fraction of sp³-hybridized carbons (Fsp3) is 0.222. The van der Waals surface area contributed by atoms with Crippen LogP contribution in [-0.2, 0) is 16.0 Å². The highest BCUT2D eigenvalue weighted by atomic mass is 35.5. The van der Waals surface area contributed by atoms with Crippen LogP contribution in [0, 0.1) is 5.82 Å². The molecule has 0 saturated heterocycles. The van der Waals surface area contributed by atoms with Gasteiger partial charge in [-0.15, -0.1) is 0 Å². The summed E-state index contributed by atoms with van der Waals surface area (Å²) in [5.41, 5.74) is 9.16. The van der Waals surface area contributed by atoms with Crippen molar-refractivity contribution in [1.82, 2.24) is 25.5 Å². The highest BCUT2D eigenvalue weighted by molar-refractivity contribution is 6.30. The zero-order valence-corrected chi connectivity index (χ0v) is 21.3. The first-order valence-corrected chi connectivity index (χ1v) is 12.3. The molecule has 2 aromatic heterocycles.